The number of hydrogen-bond acceptors (Lipinski definition) is 2. The number of aldehydes is 1. The molecule has 2 nitrogen and oxygen atoms in total. The maximum Gasteiger partial charge on any atom is 0.123 e. The molecule has 1 aliphatic heterocycles. The van der Waals surface area contributed by atoms with Gasteiger partial charge in [0.15, 0.2) is 0 Å². The van der Waals surface area contributed by atoms with Crippen LogP contribution in [0.4, 0.5) is 0 Å². The first-order valence-electron chi connectivity index (χ1n) is 3.93. The van der Waals surface area contributed by atoms with Crippen LogP contribution in [-0.4, -0.2) is 19.0 Å². The maximum absolute atomic E-state index is 10.4. The molecule has 1 saturated heterocycles. The summed E-state index contributed by atoms with van der Waals surface area (Å²) in [6.45, 7) is 2.86. The molecule has 2 atom stereocenters. The van der Waals surface area contributed by atoms with Crippen LogP contribution in [0, 0.1) is 5.92 Å². The fourth-order valence-electron chi connectivity index (χ4n) is 1.32. The third-order valence-corrected chi connectivity index (χ3v) is 2.06. The summed E-state index contributed by atoms with van der Waals surface area (Å²) in [4.78, 5) is 10.4. The summed E-state index contributed by atoms with van der Waals surface area (Å²) < 4.78 is 5.40. The molecule has 58 valence electrons. The molecular formula is C8H14O2. The van der Waals surface area contributed by atoms with Crippen molar-refractivity contribution in [1.82, 2.24) is 0 Å². The van der Waals surface area contributed by atoms with E-state index in [1.807, 2.05) is 0 Å². The molecule has 0 aromatic carbocycles. The smallest absolute Gasteiger partial charge is 0.123 e. The van der Waals surface area contributed by atoms with Crippen LogP contribution in [0.5, 0.6) is 0 Å². The minimum Gasteiger partial charge on any atom is -0.378 e. The molecule has 0 spiro atoms. The highest BCUT2D eigenvalue weighted by Gasteiger charge is 2.19. The average Bonchev–Trinajstić information content (AvgIpc) is 2.05. The van der Waals surface area contributed by atoms with E-state index >= 15 is 0 Å². The van der Waals surface area contributed by atoms with Crippen LogP contribution in [0.1, 0.15) is 26.2 Å². The van der Waals surface area contributed by atoms with Gasteiger partial charge in [0.25, 0.3) is 0 Å². The average molecular weight is 142 g/mol. The number of carbonyl (C=O) groups excluding carboxylic acids is 1. The van der Waals surface area contributed by atoms with Gasteiger partial charge in [-0.25, -0.2) is 0 Å². The number of ether oxygens (including phenoxy) is 1. The first-order chi connectivity index (χ1) is 4.86. The van der Waals surface area contributed by atoms with E-state index in [0.29, 0.717) is 6.10 Å². The quantitative estimate of drug-likeness (QED) is 0.544. The van der Waals surface area contributed by atoms with Gasteiger partial charge in [0, 0.05) is 12.5 Å². The Hall–Kier alpha value is -0.370. The Bertz CT molecular complexity index is 112. The summed E-state index contributed by atoms with van der Waals surface area (Å²) in [5.41, 5.74) is 0. The fourth-order valence-corrected chi connectivity index (χ4v) is 1.32. The fraction of sp³-hybridized carbons (Fsp3) is 0.875. The lowest BCUT2D eigenvalue weighted by Crippen LogP contribution is -2.25. The van der Waals surface area contributed by atoms with Gasteiger partial charge in [0.2, 0.25) is 0 Å². The first kappa shape index (κ1) is 7.73. The number of carbonyl (C=O) groups is 1. The summed E-state index contributed by atoms with van der Waals surface area (Å²) in [5, 5.41) is 0. The second-order valence-electron chi connectivity index (χ2n) is 2.82. The van der Waals surface area contributed by atoms with E-state index < -0.39 is 0 Å². The van der Waals surface area contributed by atoms with Crippen LogP contribution in [0.2, 0.25) is 0 Å². The predicted molar refractivity (Wildman–Crippen MR) is 38.8 cm³/mol. The summed E-state index contributed by atoms with van der Waals surface area (Å²) in [6.07, 6.45) is 4.28. The molecule has 0 aliphatic carbocycles. The van der Waals surface area contributed by atoms with Gasteiger partial charge in [-0.3, -0.25) is 0 Å². The lowest BCUT2D eigenvalue weighted by Gasteiger charge is -2.25. The minimum atomic E-state index is 0.263. The first-order valence-corrected chi connectivity index (χ1v) is 3.93. The molecule has 0 radical (unpaired) electrons. The zero-order valence-corrected chi connectivity index (χ0v) is 6.38. The molecule has 1 heterocycles. The molecule has 0 saturated carbocycles. The van der Waals surface area contributed by atoms with Gasteiger partial charge in [-0.05, 0) is 19.3 Å². The molecular weight excluding hydrogens is 128 g/mol. The van der Waals surface area contributed by atoms with Gasteiger partial charge >= 0.3 is 0 Å². The van der Waals surface area contributed by atoms with Crippen molar-refractivity contribution >= 4 is 6.29 Å². The van der Waals surface area contributed by atoms with Crippen LogP contribution >= 0.6 is 0 Å². The van der Waals surface area contributed by atoms with Crippen molar-refractivity contribution in [3.05, 3.63) is 0 Å². The van der Waals surface area contributed by atoms with E-state index in [4.69, 9.17) is 4.74 Å². The molecule has 0 N–H and O–H groups in total. The molecule has 0 aromatic rings. The van der Waals surface area contributed by atoms with Gasteiger partial charge in [0.1, 0.15) is 6.29 Å². The predicted octanol–water partition coefficient (Wildman–Crippen LogP) is 1.39. The van der Waals surface area contributed by atoms with Crippen LogP contribution in [0.3, 0.4) is 0 Å². The van der Waals surface area contributed by atoms with E-state index in [1.165, 1.54) is 0 Å². The number of hydrogen-bond donors (Lipinski definition) is 0. The monoisotopic (exact) mass is 142 g/mol. The van der Waals surface area contributed by atoms with Crippen molar-refractivity contribution < 1.29 is 9.53 Å². The SMILES string of the molecule is CC[C@H]1C[C@@H](C=O)CCO1. The van der Waals surface area contributed by atoms with Crippen molar-refractivity contribution in [3.8, 4) is 0 Å². The zero-order chi connectivity index (χ0) is 7.40. The van der Waals surface area contributed by atoms with Crippen LogP contribution in [0.15, 0.2) is 0 Å². The highest BCUT2D eigenvalue weighted by atomic mass is 16.5. The highest BCUT2D eigenvalue weighted by molar-refractivity contribution is 5.53. The summed E-state index contributed by atoms with van der Waals surface area (Å²) in [6, 6.07) is 0. The van der Waals surface area contributed by atoms with Crippen LogP contribution in [0.25, 0.3) is 0 Å². The summed E-state index contributed by atoms with van der Waals surface area (Å²) in [7, 11) is 0. The molecule has 10 heavy (non-hydrogen) atoms. The summed E-state index contributed by atoms with van der Waals surface area (Å²) in [5.74, 6) is 0.263. The van der Waals surface area contributed by atoms with Gasteiger partial charge in [-0.2, -0.15) is 0 Å². The Morgan fingerprint density at radius 3 is 3.10 bits per heavy atom. The Labute approximate surface area is 61.6 Å². The molecule has 0 aromatic heterocycles. The normalized spacial score (nSPS) is 33.7. The second-order valence-corrected chi connectivity index (χ2v) is 2.82. The van der Waals surface area contributed by atoms with Gasteiger partial charge in [0.05, 0.1) is 6.10 Å². The topological polar surface area (TPSA) is 26.3 Å². The van der Waals surface area contributed by atoms with E-state index in [9.17, 15) is 4.79 Å². The van der Waals surface area contributed by atoms with Crippen molar-refractivity contribution in [1.29, 1.82) is 0 Å². The molecule has 1 fully saturated rings. The standard InChI is InChI=1S/C8H14O2/c1-2-8-5-7(6-9)3-4-10-8/h6-8H,2-5H2,1H3/t7-,8-/m0/s1. The largest absolute Gasteiger partial charge is 0.378 e. The molecule has 0 bridgehead atoms. The van der Waals surface area contributed by atoms with Crippen molar-refractivity contribution in [3.63, 3.8) is 0 Å². The third kappa shape index (κ3) is 1.81. The molecule has 0 amide bonds. The van der Waals surface area contributed by atoms with Gasteiger partial charge < -0.3 is 9.53 Å². The van der Waals surface area contributed by atoms with Crippen molar-refractivity contribution in [2.75, 3.05) is 6.61 Å². The maximum atomic E-state index is 10.4. The van der Waals surface area contributed by atoms with Gasteiger partial charge in [-0.1, -0.05) is 6.92 Å². The van der Waals surface area contributed by atoms with Crippen LogP contribution in [-0.2, 0) is 9.53 Å². The van der Waals surface area contributed by atoms with E-state index in [1.54, 1.807) is 0 Å². The van der Waals surface area contributed by atoms with Crippen LogP contribution < -0.4 is 0 Å². The van der Waals surface area contributed by atoms with E-state index in [0.717, 1.165) is 32.2 Å². The number of rotatable bonds is 2. The third-order valence-electron chi connectivity index (χ3n) is 2.06. The summed E-state index contributed by atoms with van der Waals surface area (Å²) >= 11 is 0. The zero-order valence-electron chi connectivity index (χ0n) is 6.38. The van der Waals surface area contributed by atoms with Crippen molar-refractivity contribution in [2.45, 2.75) is 32.3 Å². The molecule has 1 rings (SSSR count). The Morgan fingerprint density at radius 1 is 1.70 bits per heavy atom. The van der Waals surface area contributed by atoms with Crippen molar-refractivity contribution in [2.24, 2.45) is 5.92 Å². The van der Waals surface area contributed by atoms with Gasteiger partial charge in [-0.15, -0.1) is 0 Å². The van der Waals surface area contributed by atoms with E-state index in [-0.39, 0.29) is 5.92 Å². The lowest BCUT2D eigenvalue weighted by molar-refractivity contribution is -0.115. The molecule has 2 heteroatoms. The minimum absolute atomic E-state index is 0.263. The molecule has 1 aliphatic rings. The Balaban J connectivity index is 2.31. The molecule has 0 unspecified atom stereocenters. The second kappa shape index (κ2) is 3.71. The Morgan fingerprint density at radius 2 is 2.50 bits per heavy atom. The highest BCUT2D eigenvalue weighted by Crippen LogP contribution is 2.19. The Kier molecular flexibility index (Phi) is 2.87. The lowest BCUT2D eigenvalue weighted by atomic mass is 9.96. The van der Waals surface area contributed by atoms with E-state index in [2.05, 4.69) is 6.92 Å².